The Bertz CT molecular complexity index is 927. The van der Waals surface area contributed by atoms with Crippen molar-refractivity contribution in [1.29, 1.82) is 0 Å². The number of aromatic nitrogens is 3. The third kappa shape index (κ3) is 3.61. The van der Waals surface area contributed by atoms with E-state index >= 15 is 0 Å². The molecule has 136 valence electrons. The van der Waals surface area contributed by atoms with Crippen LogP contribution in [0.2, 0.25) is 0 Å². The maximum absolute atomic E-state index is 12.6. The molecule has 0 spiro atoms. The van der Waals surface area contributed by atoms with Crippen molar-refractivity contribution in [2.75, 3.05) is 5.32 Å². The van der Waals surface area contributed by atoms with Crippen molar-refractivity contribution >= 4 is 11.7 Å². The highest BCUT2D eigenvalue weighted by Crippen LogP contribution is 2.21. The fourth-order valence-electron chi connectivity index (χ4n) is 2.67. The van der Waals surface area contributed by atoms with Gasteiger partial charge >= 0.3 is 0 Å². The fraction of sp³-hybridized carbons (Fsp3) is 0.316. The zero-order valence-corrected chi connectivity index (χ0v) is 15.4. The van der Waals surface area contributed by atoms with Gasteiger partial charge in [0.2, 0.25) is 0 Å². The first-order chi connectivity index (χ1) is 12.5. The SMILES string of the molecule is CCn1nc(NC(=O)c2noc(C)c2COc2ccccc2C)cc1C. The molecule has 0 bridgehead atoms. The highest BCUT2D eigenvalue weighted by molar-refractivity contribution is 6.03. The summed E-state index contributed by atoms with van der Waals surface area (Å²) in [5.41, 5.74) is 2.83. The van der Waals surface area contributed by atoms with Gasteiger partial charge in [-0.25, -0.2) is 0 Å². The number of carbonyl (C=O) groups is 1. The summed E-state index contributed by atoms with van der Waals surface area (Å²) in [6, 6.07) is 9.53. The summed E-state index contributed by atoms with van der Waals surface area (Å²) >= 11 is 0. The van der Waals surface area contributed by atoms with E-state index in [1.165, 1.54) is 0 Å². The summed E-state index contributed by atoms with van der Waals surface area (Å²) in [7, 11) is 0. The highest BCUT2D eigenvalue weighted by Gasteiger charge is 2.21. The number of para-hydroxylation sites is 1. The molecule has 1 amide bonds. The van der Waals surface area contributed by atoms with Crippen LogP contribution < -0.4 is 10.1 Å². The molecule has 3 aromatic rings. The summed E-state index contributed by atoms with van der Waals surface area (Å²) in [5.74, 6) is 1.43. The Morgan fingerprint density at radius 2 is 2.04 bits per heavy atom. The van der Waals surface area contributed by atoms with Crippen LogP contribution in [0.4, 0.5) is 5.82 Å². The van der Waals surface area contributed by atoms with E-state index in [2.05, 4.69) is 15.6 Å². The number of nitrogens with zero attached hydrogens (tertiary/aromatic N) is 3. The van der Waals surface area contributed by atoms with Gasteiger partial charge in [0.15, 0.2) is 11.5 Å². The lowest BCUT2D eigenvalue weighted by molar-refractivity contribution is 0.101. The molecule has 0 atom stereocenters. The number of aryl methyl sites for hydroxylation is 4. The van der Waals surface area contributed by atoms with Gasteiger partial charge < -0.3 is 14.6 Å². The molecule has 0 radical (unpaired) electrons. The predicted octanol–water partition coefficient (Wildman–Crippen LogP) is 3.65. The highest BCUT2D eigenvalue weighted by atomic mass is 16.5. The zero-order valence-electron chi connectivity index (χ0n) is 15.4. The quantitative estimate of drug-likeness (QED) is 0.731. The Balaban J connectivity index is 1.76. The lowest BCUT2D eigenvalue weighted by Crippen LogP contribution is -2.16. The van der Waals surface area contributed by atoms with E-state index < -0.39 is 0 Å². The number of ether oxygens (including phenoxy) is 1. The summed E-state index contributed by atoms with van der Waals surface area (Å²) in [6.45, 7) is 8.60. The molecule has 0 unspecified atom stereocenters. The third-order valence-electron chi connectivity index (χ3n) is 4.19. The Hall–Kier alpha value is -3.09. The average Bonchev–Trinajstić information content (AvgIpc) is 3.16. The van der Waals surface area contributed by atoms with Crippen LogP contribution in [0.25, 0.3) is 0 Å². The van der Waals surface area contributed by atoms with Gasteiger partial charge in [-0.15, -0.1) is 0 Å². The number of rotatable bonds is 6. The summed E-state index contributed by atoms with van der Waals surface area (Å²) in [4.78, 5) is 12.6. The first-order valence-electron chi connectivity index (χ1n) is 8.49. The lowest BCUT2D eigenvalue weighted by Gasteiger charge is -2.09. The second-order valence-corrected chi connectivity index (χ2v) is 6.06. The number of anilines is 1. The first-order valence-corrected chi connectivity index (χ1v) is 8.49. The second-order valence-electron chi connectivity index (χ2n) is 6.06. The standard InChI is InChI=1S/C19H22N4O3/c1-5-23-13(3)10-17(21-23)20-19(24)18-15(14(4)26-22-18)11-25-16-9-7-6-8-12(16)2/h6-10H,5,11H2,1-4H3,(H,20,21,24). The van der Waals surface area contributed by atoms with Crippen LogP contribution in [0.1, 0.15) is 40.0 Å². The normalized spacial score (nSPS) is 10.8. The van der Waals surface area contributed by atoms with Gasteiger partial charge in [-0.3, -0.25) is 9.48 Å². The molecule has 1 aromatic carbocycles. The molecule has 0 aliphatic carbocycles. The molecule has 0 fully saturated rings. The number of benzene rings is 1. The van der Waals surface area contributed by atoms with Gasteiger partial charge in [-0.1, -0.05) is 23.4 Å². The van der Waals surface area contributed by atoms with E-state index in [1.807, 2.05) is 55.8 Å². The van der Waals surface area contributed by atoms with Gasteiger partial charge in [0, 0.05) is 18.3 Å². The molecule has 7 nitrogen and oxygen atoms in total. The van der Waals surface area contributed by atoms with Crippen LogP contribution in [0.15, 0.2) is 34.9 Å². The number of hydrogen-bond acceptors (Lipinski definition) is 5. The molecule has 0 saturated carbocycles. The van der Waals surface area contributed by atoms with Gasteiger partial charge in [-0.2, -0.15) is 5.10 Å². The van der Waals surface area contributed by atoms with E-state index in [4.69, 9.17) is 9.26 Å². The van der Waals surface area contributed by atoms with Crippen molar-refractivity contribution in [1.82, 2.24) is 14.9 Å². The van der Waals surface area contributed by atoms with E-state index in [1.54, 1.807) is 6.92 Å². The van der Waals surface area contributed by atoms with Gasteiger partial charge in [0.1, 0.15) is 18.1 Å². The number of carbonyl (C=O) groups excluding carboxylic acids is 1. The minimum absolute atomic E-state index is 0.200. The zero-order chi connectivity index (χ0) is 18.7. The number of hydrogen-bond donors (Lipinski definition) is 1. The Kier molecular flexibility index (Phi) is 5.06. The Morgan fingerprint density at radius 1 is 1.27 bits per heavy atom. The second kappa shape index (κ2) is 7.43. The fourth-order valence-corrected chi connectivity index (χ4v) is 2.67. The molecule has 26 heavy (non-hydrogen) atoms. The van der Waals surface area contributed by atoms with Crippen LogP contribution in [0.3, 0.4) is 0 Å². The van der Waals surface area contributed by atoms with Crippen molar-refractivity contribution in [2.24, 2.45) is 0 Å². The Morgan fingerprint density at radius 3 is 2.73 bits per heavy atom. The van der Waals surface area contributed by atoms with Crippen LogP contribution in [-0.4, -0.2) is 20.8 Å². The Labute approximate surface area is 151 Å². The van der Waals surface area contributed by atoms with Crippen molar-refractivity contribution in [3.63, 3.8) is 0 Å². The van der Waals surface area contributed by atoms with Crippen molar-refractivity contribution in [3.05, 3.63) is 58.6 Å². The first kappa shape index (κ1) is 17.7. The van der Waals surface area contributed by atoms with E-state index in [-0.39, 0.29) is 18.2 Å². The maximum atomic E-state index is 12.6. The van der Waals surface area contributed by atoms with Crippen molar-refractivity contribution in [3.8, 4) is 5.75 Å². The van der Waals surface area contributed by atoms with Gasteiger partial charge in [-0.05, 0) is 39.3 Å². The van der Waals surface area contributed by atoms with Crippen LogP contribution in [0, 0.1) is 20.8 Å². The van der Waals surface area contributed by atoms with E-state index in [0.29, 0.717) is 17.1 Å². The lowest BCUT2D eigenvalue weighted by atomic mass is 10.2. The molecule has 1 N–H and O–H groups in total. The minimum Gasteiger partial charge on any atom is -0.488 e. The average molecular weight is 354 g/mol. The number of nitrogens with one attached hydrogen (secondary N) is 1. The molecule has 2 aromatic heterocycles. The molecule has 0 aliphatic rings. The predicted molar refractivity (Wildman–Crippen MR) is 97.3 cm³/mol. The van der Waals surface area contributed by atoms with Crippen LogP contribution in [0.5, 0.6) is 5.75 Å². The van der Waals surface area contributed by atoms with Crippen molar-refractivity contribution < 1.29 is 14.1 Å². The summed E-state index contributed by atoms with van der Waals surface area (Å²) in [5, 5.41) is 11.0. The molecular formula is C19H22N4O3. The molecule has 3 rings (SSSR count). The topological polar surface area (TPSA) is 82.2 Å². The smallest absolute Gasteiger partial charge is 0.279 e. The largest absolute Gasteiger partial charge is 0.488 e. The summed E-state index contributed by atoms with van der Waals surface area (Å²) in [6.07, 6.45) is 0. The van der Waals surface area contributed by atoms with E-state index in [9.17, 15) is 4.79 Å². The van der Waals surface area contributed by atoms with Gasteiger partial charge in [0.05, 0.1) is 5.56 Å². The molecule has 0 saturated heterocycles. The minimum atomic E-state index is -0.369. The van der Waals surface area contributed by atoms with Crippen LogP contribution in [-0.2, 0) is 13.2 Å². The molecule has 2 heterocycles. The maximum Gasteiger partial charge on any atom is 0.279 e. The third-order valence-corrected chi connectivity index (χ3v) is 4.19. The van der Waals surface area contributed by atoms with Crippen LogP contribution >= 0.6 is 0 Å². The van der Waals surface area contributed by atoms with Crippen molar-refractivity contribution in [2.45, 2.75) is 40.8 Å². The number of amides is 1. The summed E-state index contributed by atoms with van der Waals surface area (Å²) < 4.78 is 12.9. The van der Waals surface area contributed by atoms with Gasteiger partial charge in [0.25, 0.3) is 5.91 Å². The van der Waals surface area contributed by atoms with E-state index in [0.717, 1.165) is 23.6 Å². The molecular weight excluding hydrogens is 332 g/mol. The monoisotopic (exact) mass is 354 g/mol. The molecule has 7 heteroatoms. The molecule has 0 aliphatic heterocycles.